The minimum Gasteiger partial charge on any atom is -0.495 e. The molecule has 0 aromatic heterocycles. The summed E-state index contributed by atoms with van der Waals surface area (Å²) in [6.45, 7) is 1.73. The highest BCUT2D eigenvalue weighted by Gasteiger charge is 2.13. The van der Waals surface area contributed by atoms with Gasteiger partial charge in [0.05, 0.1) is 12.1 Å². The summed E-state index contributed by atoms with van der Waals surface area (Å²) in [6.07, 6.45) is 1.92. The lowest BCUT2D eigenvalue weighted by Crippen LogP contribution is -2.37. The Kier molecular flexibility index (Phi) is 10.1. The zero-order chi connectivity index (χ0) is 18.1. The molecule has 26 heavy (non-hydrogen) atoms. The second kappa shape index (κ2) is 11.8. The summed E-state index contributed by atoms with van der Waals surface area (Å²) >= 11 is 6.14. The summed E-state index contributed by atoms with van der Waals surface area (Å²) in [4.78, 5) is 14.4. The van der Waals surface area contributed by atoms with Crippen molar-refractivity contribution in [2.75, 3.05) is 26.7 Å². The minimum absolute atomic E-state index is 0. The zero-order valence-electron chi connectivity index (χ0n) is 15.0. The zero-order valence-corrected chi connectivity index (χ0v) is 16.6. The van der Waals surface area contributed by atoms with Gasteiger partial charge in [0.25, 0.3) is 0 Å². The fourth-order valence-electron chi connectivity index (χ4n) is 2.70. The molecule has 1 amide bonds. The Morgan fingerprint density at radius 2 is 1.81 bits per heavy atom. The Morgan fingerprint density at radius 1 is 1.08 bits per heavy atom. The number of ether oxygens (including phenoxy) is 1. The van der Waals surface area contributed by atoms with Gasteiger partial charge in [-0.15, -0.1) is 12.4 Å². The first kappa shape index (κ1) is 22.3. The highest BCUT2D eigenvalue weighted by atomic mass is 35.5. The van der Waals surface area contributed by atoms with E-state index in [0.29, 0.717) is 43.2 Å². The third kappa shape index (κ3) is 6.87. The molecule has 0 unspecified atom stereocenters. The monoisotopic (exact) mass is 396 g/mol. The lowest BCUT2D eigenvalue weighted by molar-refractivity contribution is -0.131. The number of aryl methyl sites for hydroxylation is 1. The third-order valence-electron chi connectivity index (χ3n) is 4.11. The van der Waals surface area contributed by atoms with E-state index in [2.05, 4.69) is 12.1 Å². The van der Waals surface area contributed by atoms with Gasteiger partial charge in [-0.1, -0.05) is 48.0 Å². The van der Waals surface area contributed by atoms with Gasteiger partial charge in [0.2, 0.25) is 5.91 Å². The molecule has 0 fully saturated rings. The van der Waals surface area contributed by atoms with Crippen LogP contribution in [0.1, 0.15) is 17.5 Å². The molecular formula is C20H26Cl2N2O2. The molecular weight excluding hydrogens is 371 g/mol. The molecule has 6 heteroatoms. The van der Waals surface area contributed by atoms with Crippen LogP contribution >= 0.6 is 24.0 Å². The van der Waals surface area contributed by atoms with Gasteiger partial charge in [-0.05, 0) is 36.1 Å². The summed E-state index contributed by atoms with van der Waals surface area (Å²) < 4.78 is 5.15. The van der Waals surface area contributed by atoms with Crippen LogP contribution in [0.4, 0.5) is 0 Å². The van der Waals surface area contributed by atoms with Gasteiger partial charge in [-0.3, -0.25) is 4.79 Å². The van der Waals surface area contributed by atoms with E-state index in [1.54, 1.807) is 7.11 Å². The maximum atomic E-state index is 12.5. The Morgan fingerprint density at radius 3 is 2.42 bits per heavy atom. The van der Waals surface area contributed by atoms with Crippen LogP contribution in [0.5, 0.6) is 5.75 Å². The first-order valence-corrected chi connectivity index (χ1v) is 8.86. The van der Waals surface area contributed by atoms with Crippen LogP contribution in [0.15, 0.2) is 48.5 Å². The Hall–Kier alpha value is -1.75. The quantitative estimate of drug-likeness (QED) is 0.702. The second-order valence-corrected chi connectivity index (χ2v) is 6.28. The highest BCUT2D eigenvalue weighted by Crippen LogP contribution is 2.25. The number of benzene rings is 2. The lowest BCUT2D eigenvalue weighted by atomic mass is 10.1. The molecule has 0 radical (unpaired) electrons. The number of nitrogens with two attached hydrogens (primary N) is 1. The second-order valence-electron chi connectivity index (χ2n) is 5.87. The Bertz CT molecular complexity index is 681. The third-order valence-corrected chi connectivity index (χ3v) is 4.40. The van der Waals surface area contributed by atoms with Crippen LogP contribution in [-0.2, 0) is 17.6 Å². The lowest BCUT2D eigenvalue weighted by Gasteiger charge is -2.22. The highest BCUT2D eigenvalue weighted by molar-refractivity contribution is 6.32. The van der Waals surface area contributed by atoms with Crippen molar-refractivity contribution in [1.29, 1.82) is 0 Å². The Balaban J connectivity index is 0.00000338. The van der Waals surface area contributed by atoms with Crippen molar-refractivity contribution in [3.8, 4) is 5.75 Å². The van der Waals surface area contributed by atoms with Crippen LogP contribution in [0, 0.1) is 0 Å². The van der Waals surface area contributed by atoms with Crippen LogP contribution in [-0.4, -0.2) is 37.6 Å². The molecule has 4 nitrogen and oxygen atoms in total. The predicted molar refractivity (Wildman–Crippen MR) is 109 cm³/mol. The average molecular weight is 397 g/mol. The van der Waals surface area contributed by atoms with Crippen molar-refractivity contribution in [1.82, 2.24) is 4.90 Å². The van der Waals surface area contributed by atoms with E-state index in [1.165, 1.54) is 5.56 Å². The van der Waals surface area contributed by atoms with Gasteiger partial charge < -0.3 is 15.4 Å². The molecule has 0 spiro atoms. The van der Waals surface area contributed by atoms with Crippen molar-refractivity contribution in [2.24, 2.45) is 5.73 Å². The Labute approximate surface area is 166 Å². The number of carbonyl (C=O) groups is 1. The summed E-state index contributed by atoms with van der Waals surface area (Å²) in [5, 5.41) is 0.565. The van der Waals surface area contributed by atoms with E-state index in [-0.39, 0.29) is 18.3 Å². The van der Waals surface area contributed by atoms with Gasteiger partial charge in [0.15, 0.2) is 0 Å². The predicted octanol–water partition coefficient (Wildman–Crippen LogP) is 3.73. The molecule has 0 aliphatic rings. The molecule has 0 bridgehead atoms. The molecule has 0 aliphatic carbocycles. The van der Waals surface area contributed by atoms with E-state index >= 15 is 0 Å². The maximum absolute atomic E-state index is 12.5. The molecule has 0 aliphatic heterocycles. The van der Waals surface area contributed by atoms with Gasteiger partial charge in [-0.25, -0.2) is 0 Å². The van der Waals surface area contributed by atoms with Crippen LogP contribution < -0.4 is 10.5 Å². The maximum Gasteiger partial charge on any atom is 0.222 e. The summed E-state index contributed by atoms with van der Waals surface area (Å²) in [5.74, 6) is 0.762. The molecule has 2 N–H and O–H groups in total. The molecule has 0 heterocycles. The molecule has 2 rings (SSSR count). The first-order valence-electron chi connectivity index (χ1n) is 8.48. The molecule has 0 saturated carbocycles. The average Bonchev–Trinajstić information content (AvgIpc) is 2.64. The fourth-order valence-corrected chi connectivity index (χ4v) is 2.98. The number of amides is 1. The summed E-state index contributed by atoms with van der Waals surface area (Å²) in [6, 6.07) is 15.8. The topological polar surface area (TPSA) is 55.6 Å². The number of carbonyl (C=O) groups excluding carboxylic acids is 1. The number of hydrogen-bond donors (Lipinski definition) is 1. The van der Waals surface area contributed by atoms with Crippen molar-refractivity contribution in [3.05, 3.63) is 64.7 Å². The van der Waals surface area contributed by atoms with E-state index in [4.69, 9.17) is 22.1 Å². The van der Waals surface area contributed by atoms with Gasteiger partial charge in [0, 0.05) is 26.1 Å². The number of rotatable bonds is 9. The number of methoxy groups -OCH3 is 1. The SMILES string of the molecule is COc1ccc(CCC(=O)N(CCN)CCc2ccccc2)cc1Cl.Cl. The van der Waals surface area contributed by atoms with Gasteiger partial charge in [0.1, 0.15) is 5.75 Å². The molecule has 2 aromatic rings. The molecule has 142 valence electrons. The van der Waals surface area contributed by atoms with E-state index < -0.39 is 0 Å². The first-order chi connectivity index (χ1) is 12.1. The standard InChI is InChI=1S/C20H25ClN2O2.ClH/c1-25-19-9-7-17(15-18(19)21)8-10-20(24)23(14-12-22)13-11-16-5-3-2-4-6-16;/h2-7,9,15H,8,10-14,22H2,1H3;1H. The van der Waals surface area contributed by atoms with Gasteiger partial charge >= 0.3 is 0 Å². The van der Waals surface area contributed by atoms with Crippen molar-refractivity contribution < 1.29 is 9.53 Å². The van der Waals surface area contributed by atoms with E-state index in [1.807, 2.05) is 41.3 Å². The fraction of sp³-hybridized carbons (Fsp3) is 0.350. The van der Waals surface area contributed by atoms with Crippen LogP contribution in [0.2, 0.25) is 5.02 Å². The minimum atomic E-state index is 0. The number of halogens is 2. The van der Waals surface area contributed by atoms with Crippen molar-refractivity contribution in [2.45, 2.75) is 19.3 Å². The van der Waals surface area contributed by atoms with Crippen molar-refractivity contribution >= 4 is 29.9 Å². The van der Waals surface area contributed by atoms with Crippen LogP contribution in [0.3, 0.4) is 0 Å². The van der Waals surface area contributed by atoms with Crippen molar-refractivity contribution in [3.63, 3.8) is 0 Å². The normalized spacial score (nSPS) is 10.1. The van der Waals surface area contributed by atoms with E-state index in [0.717, 1.165) is 12.0 Å². The van der Waals surface area contributed by atoms with Gasteiger partial charge in [-0.2, -0.15) is 0 Å². The number of hydrogen-bond acceptors (Lipinski definition) is 3. The van der Waals surface area contributed by atoms with Crippen LogP contribution in [0.25, 0.3) is 0 Å². The largest absolute Gasteiger partial charge is 0.495 e. The summed E-state index contributed by atoms with van der Waals surface area (Å²) in [7, 11) is 1.59. The number of nitrogens with zero attached hydrogens (tertiary/aromatic N) is 1. The summed E-state index contributed by atoms with van der Waals surface area (Å²) in [5.41, 5.74) is 7.91. The smallest absolute Gasteiger partial charge is 0.222 e. The molecule has 2 aromatic carbocycles. The van der Waals surface area contributed by atoms with E-state index in [9.17, 15) is 4.79 Å². The molecule has 0 saturated heterocycles. The molecule has 0 atom stereocenters.